The van der Waals surface area contributed by atoms with Gasteiger partial charge < -0.3 is 4.74 Å². The fraction of sp³-hybridized carbons (Fsp3) is 0.286. The van der Waals surface area contributed by atoms with Crippen molar-refractivity contribution < 1.29 is 24.0 Å². The number of amides is 2. The van der Waals surface area contributed by atoms with E-state index in [2.05, 4.69) is 10.9 Å². The van der Waals surface area contributed by atoms with Crippen molar-refractivity contribution in [1.29, 1.82) is 0 Å². The van der Waals surface area contributed by atoms with Gasteiger partial charge >= 0.3 is 5.97 Å². The van der Waals surface area contributed by atoms with Gasteiger partial charge in [0, 0.05) is 17.7 Å². The predicted molar refractivity (Wildman–Crippen MR) is 108 cm³/mol. The highest BCUT2D eigenvalue weighted by molar-refractivity contribution is 5.95. The van der Waals surface area contributed by atoms with Crippen LogP contribution in [0.3, 0.4) is 0 Å². The molecule has 0 spiro atoms. The Hall–Kier alpha value is -3.75. The molecule has 9 nitrogen and oxygen atoms in total. The highest BCUT2D eigenvalue weighted by Crippen LogP contribution is 2.28. The molecule has 0 aliphatic heterocycles. The summed E-state index contributed by atoms with van der Waals surface area (Å²) in [7, 11) is 0. The van der Waals surface area contributed by atoms with Gasteiger partial charge in [-0.05, 0) is 23.6 Å². The van der Waals surface area contributed by atoms with Gasteiger partial charge in [-0.3, -0.25) is 35.3 Å². The van der Waals surface area contributed by atoms with Gasteiger partial charge in [-0.15, -0.1) is 0 Å². The summed E-state index contributed by atoms with van der Waals surface area (Å²) in [6.07, 6.45) is 0.756. The van der Waals surface area contributed by atoms with E-state index in [4.69, 9.17) is 4.74 Å². The number of hydrogen-bond donors (Lipinski definition) is 2. The first-order valence-electron chi connectivity index (χ1n) is 9.38. The van der Waals surface area contributed by atoms with Crippen LogP contribution in [-0.4, -0.2) is 29.3 Å². The van der Waals surface area contributed by atoms with E-state index in [1.165, 1.54) is 24.3 Å². The minimum atomic E-state index is -0.713. The number of carbonyl (C=O) groups is 3. The second kappa shape index (κ2) is 10.7. The number of ether oxygens (including phenoxy) is 1. The Morgan fingerprint density at radius 3 is 2.23 bits per heavy atom. The zero-order valence-electron chi connectivity index (χ0n) is 16.7. The van der Waals surface area contributed by atoms with Crippen LogP contribution in [0.1, 0.15) is 42.1 Å². The summed E-state index contributed by atoms with van der Waals surface area (Å²) < 4.78 is 5.15. The molecule has 2 N–H and O–H groups in total. The van der Waals surface area contributed by atoms with Gasteiger partial charge in [0.1, 0.15) is 0 Å². The first-order chi connectivity index (χ1) is 14.3. The minimum absolute atomic E-state index is 0.0183. The molecule has 2 aromatic rings. The normalized spacial score (nSPS) is 12.3. The third kappa shape index (κ3) is 6.13. The minimum Gasteiger partial charge on any atom is -0.455 e. The van der Waals surface area contributed by atoms with Gasteiger partial charge in [-0.1, -0.05) is 50.6 Å². The van der Waals surface area contributed by atoms with Crippen molar-refractivity contribution in [2.75, 3.05) is 6.61 Å². The monoisotopic (exact) mass is 413 g/mol. The molecule has 2 amide bonds. The fourth-order valence-corrected chi connectivity index (χ4v) is 2.79. The molecule has 2 aromatic carbocycles. The third-order valence-corrected chi connectivity index (χ3v) is 4.63. The van der Waals surface area contributed by atoms with E-state index in [9.17, 15) is 24.5 Å². The van der Waals surface area contributed by atoms with Crippen LogP contribution < -0.4 is 10.9 Å². The number of nitrogens with zero attached hydrogens (tertiary/aromatic N) is 1. The van der Waals surface area contributed by atoms with Crippen molar-refractivity contribution in [2.24, 2.45) is 5.92 Å². The Balaban J connectivity index is 1.87. The van der Waals surface area contributed by atoms with Crippen molar-refractivity contribution in [2.45, 2.75) is 26.2 Å². The lowest BCUT2D eigenvalue weighted by Gasteiger charge is -2.21. The summed E-state index contributed by atoms with van der Waals surface area (Å²) in [5.41, 5.74) is 5.09. The molecule has 0 heterocycles. The number of nitro groups is 1. The Kier molecular flexibility index (Phi) is 8.04. The van der Waals surface area contributed by atoms with Gasteiger partial charge in [0.15, 0.2) is 6.61 Å². The SMILES string of the molecule is CC[C@H](C)[C@@H](C(=O)OCC(=O)NNC(=O)c1ccc([N+](=O)[O-])cc1)c1ccccc1. The third-order valence-electron chi connectivity index (χ3n) is 4.63. The van der Waals surface area contributed by atoms with Crippen molar-refractivity contribution >= 4 is 23.5 Å². The average Bonchev–Trinajstić information content (AvgIpc) is 2.76. The first kappa shape index (κ1) is 22.5. The van der Waals surface area contributed by atoms with E-state index in [0.29, 0.717) is 0 Å². The van der Waals surface area contributed by atoms with Crippen LogP contribution >= 0.6 is 0 Å². The number of hydrogen-bond acceptors (Lipinski definition) is 6. The van der Waals surface area contributed by atoms with Gasteiger partial charge in [-0.2, -0.15) is 0 Å². The lowest BCUT2D eigenvalue weighted by molar-refractivity contribution is -0.384. The number of hydrazine groups is 1. The van der Waals surface area contributed by atoms with Gasteiger partial charge in [-0.25, -0.2) is 0 Å². The van der Waals surface area contributed by atoms with Crippen LogP contribution in [0.2, 0.25) is 0 Å². The molecule has 0 radical (unpaired) electrons. The molecular weight excluding hydrogens is 390 g/mol. The zero-order chi connectivity index (χ0) is 22.1. The highest BCUT2D eigenvalue weighted by atomic mass is 16.6. The molecule has 0 saturated heterocycles. The molecule has 158 valence electrons. The first-order valence-corrected chi connectivity index (χ1v) is 9.38. The Morgan fingerprint density at radius 2 is 1.67 bits per heavy atom. The number of non-ortho nitro benzene ring substituents is 1. The Labute approximate surface area is 173 Å². The number of esters is 1. The highest BCUT2D eigenvalue weighted by Gasteiger charge is 2.27. The van der Waals surface area contributed by atoms with E-state index in [0.717, 1.165) is 12.0 Å². The van der Waals surface area contributed by atoms with Crippen LogP contribution in [0, 0.1) is 16.0 Å². The molecule has 0 fully saturated rings. The fourth-order valence-electron chi connectivity index (χ4n) is 2.79. The maximum absolute atomic E-state index is 12.6. The van der Waals surface area contributed by atoms with Crippen molar-refractivity contribution in [1.82, 2.24) is 10.9 Å². The van der Waals surface area contributed by atoms with Crippen LogP contribution in [0.25, 0.3) is 0 Å². The lowest BCUT2D eigenvalue weighted by atomic mass is 9.86. The molecule has 2 atom stereocenters. The number of carbonyl (C=O) groups excluding carboxylic acids is 3. The smallest absolute Gasteiger partial charge is 0.314 e. The molecule has 0 saturated carbocycles. The molecular formula is C21H23N3O6. The molecule has 0 unspecified atom stereocenters. The van der Waals surface area contributed by atoms with Gasteiger partial charge in [0.2, 0.25) is 0 Å². The van der Waals surface area contributed by atoms with Crippen molar-refractivity contribution in [3.63, 3.8) is 0 Å². The summed E-state index contributed by atoms with van der Waals surface area (Å²) in [5.74, 6) is -2.38. The molecule has 0 bridgehead atoms. The van der Waals surface area contributed by atoms with Crippen LogP contribution in [0.5, 0.6) is 0 Å². The Morgan fingerprint density at radius 1 is 1.03 bits per heavy atom. The summed E-state index contributed by atoms with van der Waals surface area (Å²) >= 11 is 0. The van der Waals surface area contributed by atoms with Crippen LogP contribution in [-0.2, 0) is 14.3 Å². The molecule has 30 heavy (non-hydrogen) atoms. The summed E-state index contributed by atoms with van der Waals surface area (Å²) in [5, 5.41) is 10.6. The summed E-state index contributed by atoms with van der Waals surface area (Å²) in [4.78, 5) is 46.5. The van der Waals surface area contributed by atoms with Gasteiger partial charge in [0.05, 0.1) is 10.8 Å². The Bertz CT molecular complexity index is 899. The molecule has 2 rings (SSSR count). The van der Waals surface area contributed by atoms with Crippen LogP contribution in [0.15, 0.2) is 54.6 Å². The van der Waals surface area contributed by atoms with E-state index >= 15 is 0 Å². The summed E-state index contributed by atoms with van der Waals surface area (Å²) in [6.45, 7) is 3.34. The predicted octanol–water partition coefficient (Wildman–Crippen LogP) is 2.73. The number of benzene rings is 2. The molecule has 0 aromatic heterocycles. The zero-order valence-corrected chi connectivity index (χ0v) is 16.7. The number of rotatable bonds is 8. The molecule has 0 aliphatic carbocycles. The summed E-state index contributed by atoms with van der Waals surface area (Å²) in [6, 6.07) is 14.1. The second-order valence-electron chi connectivity index (χ2n) is 6.69. The average molecular weight is 413 g/mol. The largest absolute Gasteiger partial charge is 0.455 e. The quantitative estimate of drug-likeness (QED) is 0.389. The lowest BCUT2D eigenvalue weighted by Crippen LogP contribution is -2.43. The maximum atomic E-state index is 12.6. The van der Waals surface area contributed by atoms with E-state index in [-0.39, 0.29) is 17.2 Å². The maximum Gasteiger partial charge on any atom is 0.314 e. The number of nitro benzene ring substituents is 1. The van der Waals surface area contributed by atoms with Crippen molar-refractivity contribution in [3.8, 4) is 0 Å². The van der Waals surface area contributed by atoms with Crippen molar-refractivity contribution in [3.05, 3.63) is 75.8 Å². The number of nitrogens with one attached hydrogen (secondary N) is 2. The van der Waals surface area contributed by atoms with Gasteiger partial charge in [0.25, 0.3) is 17.5 Å². The van der Waals surface area contributed by atoms with E-state index < -0.39 is 35.2 Å². The van der Waals surface area contributed by atoms with E-state index in [1.807, 2.05) is 44.2 Å². The molecule has 0 aliphatic rings. The standard InChI is InChI=1S/C21H23N3O6/c1-3-14(2)19(15-7-5-4-6-8-15)21(27)30-13-18(25)22-23-20(26)16-9-11-17(12-10-16)24(28)29/h4-12,14,19H,3,13H2,1-2H3,(H,22,25)(H,23,26)/t14-,19+/m0/s1. The second-order valence-corrected chi connectivity index (χ2v) is 6.69. The topological polar surface area (TPSA) is 128 Å². The van der Waals surface area contributed by atoms with Crippen LogP contribution in [0.4, 0.5) is 5.69 Å². The van der Waals surface area contributed by atoms with E-state index in [1.54, 1.807) is 0 Å². The molecule has 9 heteroatoms.